The van der Waals surface area contributed by atoms with E-state index in [0.717, 1.165) is 13.1 Å². The van der Waals surface area contributed by atoms with Crippen LogP contribution in [-0.4, -0.2) is 56.1 Å². The van der Waals surface area contributed by atoms with Gasteiger partial charge in [-0.2, -0.15) is 4.31 Å². The summed E-state index contributed by atoms with van der Waals surface area (Å²) in [4.78, 5) is 2.15. The second-order valence-corrected chi connectivity index (χ2v) is 6.29. The zero-order valence-corrected chi connectivity index (χ0v) is 9.56. The van der Waals surface area contributed by atoms with E-state index in [9.17, 15) is 8.42 Å². The van der Waals surface area contributed by atoms with E-state index >= 15 is 0 Å². The van der Waals surface area contributed by atoms with E-state index in [1.54, 1.807) is 4.31 Å². The van der Waals surface area contributed by atoms with Crippen LogP contribution in [0.2, 0.25) is 0 Å². The lowest BCUT2D eigenvalue weighted by atomic mass is 10.0. The van der Waals surface area contributed by atoms with E-state index in [4.69, 9.17) is 0 Å². The predicted molar refractivity (Wildman–Crippen MR) is 53.1 cm³/mol. The lowest BCUT2D eigenvalue weighted by molar-refractivity contribution is 0.101. The highest BCUT2D eigenvalue weighted by Gasteiger charge is 2.37. The highest BCUT2D eigenvalue weighted by Crippen LogP contribution is 2.22. The van der Waals surface area contributed by atoms with Gasteiger partial charge in [0.2, 0.25) is 10.0 Å². The maximum atomic E-state index is 11.4. The molecule has 0 N–H and O–H groups in total. The quantitative estimate of drug-likeness (QED) is 0.605. The second kappa shape index (κ2) is 3.22. The number of nitrogens with zero attached hydrogens (tertiary/aromatic N) is 2. The van der Waals surface area contributed by atoms with Gasteiger partial charge in [-0.3, -0.25) is 0 Å². The topological polar surface area (TPSA) is 40.6 Å². The fourth-order valence-electron chi connectivity index (χ4n) is 2.00. The number of sulfonamides is 1. The standard InChI is InChI=1S/C8H18N2O2S/c1-8(2)7-9(3)5-6-10(8)13(4,11)12/h5-7H2,1-4H3. The van der Waals surface area contributed by atoms with Crippen LogP contribution in [0, 0.1) is 0 Å². The van der Waals surface area contributed by atoms with Crippen molar-refractivity contribution in [1.82, 2.24) is 9.21 Å². The largest absolute Gasteiger partial charge is 0.303 e. The normalized spacial score (nSPS) is 26.2. The van der Waals surface area contributed by atoms with Crippen molar-refractivity contribution in [2.24, 2.45) is 0 Å². The maximum Gasteiger partial charge on any atom is 0.211 e. The first-order valence-corrected chi connectivity index (χ1v) is 6.25. The molecule has 1 saturated heterocycles. The Morgan fingerprint density at radius 3 is 2.15 bits per heavy atom. The van der Waals surface area contributed by atoms with Gasteiger partial charge in [-0.05, 0) is 20.9 Å². The molecule has 0 aromatic carbocycles. The number of likely N-dealkylation sites (N-methyl/N-ethyl adjacent to an activating group) is 1. The molecule has 0 bridgehead atoms. The second-order valence-electron chi connectivity index (χ2n) is 4.39. The molecule has 0 unspecified atom stereocenters. The molecule has 1 fully saturated rings. The van der Waals surface area contributed by atoms with Crippen LogP contribution in [0.5, 0.6) is 0 Å². The number of hydrogen-bond donors (Lipinski definition) is 0. The van der Waals surface area contributed by atoms with Gasteiger partial charge in [0.1, 0.15) is 0 Å². The smallest absolute Gasteiger partial charge is 0.211 e. The van der Waals surface area contributed by atoms with Crippen molar-refractivity contribution in [3.05, 3.63) is 0 Å². The summed E-state index contributed by atoms with van der Waals surface area (Å²) in [5.41, 5.74) is -0.277. The lowest BCUT2D eigenvalue weighted by Gasteiger charge is -2.44. The molecule has 0 spiro atoms. The minimum absolute atomic E-state index is 0.277. The molecule has 1 heterocycles. The Morgan fingerprint density at radius 2 is 1.77 bits per heavy atom. The molecule has 78 valence electrons. The fraction of sp³-hybridized carbons (Fsp3) is 1.00. The first-order chi connectivity index (χ1) is 5.73. The van der Waals surface area contributed by atoms with E-state index in [1.807, 2.05) is 20.9 Å². The van der Waals surface area contributed by atoms with Crippen LogP contribution in [0.25, 0.3) is 0 Å². The third-order valence-corrected chi connectivity index (χ3v) is 3.89. The fourth-order valence-corrected chi connectivity index (χ4v) is 3.37. The van der Waals surface area contributed by atoms with Gasteiger partial charge in [-0.25, -0.2) is 8.42 Å². The maximum absolute atomic E-state index is 11.4. The molecule has 0 aromatic rings. The summed E-state index contributed by atoms with van der Waals surface area (Å²) in [7, 11) is -1.04. The molecule has 5 heteroatoms. The van der Waals surface area contributed by atoms with Crippen molar-refractivity contribution in [2.75, 3.05) is 32.9 Å². The average Bonchev–Trinajstić information content (AvgIpc) is 1.79. The molecule has 1 rings (SSSR count). The summed E-state index contributed by atoms with van der Waals surface area (Å²) in [6.45, 7) is 6.13. The van der Waals surface area contributed by atoms with Crippen molar-refractivity contribution in [3.63, 3.8) is 0 Å². The third-order valence-electron chi connectivity index (χ3n) is 2.42. The van der Waals surface area contributed by atoms with E-state index in [-0.39, 0.29) is 5.54 Å². The van der Waals surface area contributed by atoms with E-state index < -0.39 is 10.0 Å². The minimum atomic E-state index is -3.05. The number of piperazine rings is 1. The summed E-state index contributed by atoms with van der Waals surface area (Å²) in [6.07, 6.45) is 1.28. The Balaban J connectivity index is 2.89. The van der Waals surface area contributed by atoms with Crippen LogP contribution >= 0.6 is 0 Å². The zero-order valence-electron chi connectivity index (χ0n) is 8.74. The monoisotopic (exact) mass is 206 g/mol. The van der Waals surface area contributed by atoms with Gasteiger partial charge in [0.15, 0.2) is 0 Å². The summed E-state index contributed by atoms with van der Waals surface area (Å²) >= 11 is 0. The summed E-state index contributed by atoms with van der Waals surface area (Å²) < 4.78 is 24.4. The molecular formula is C8H18N2O2S. The Labute approximate surface area is 80.6 Å². The van der Waals surface area contributed by atoms with Crippen LogP contribution < -0.4 is 0 Å². The lowest BCUT2D eigenvalue weighted by Crippen LogP contribution is -2.59. The number of rotatable bonds is 1. The van der Waals surface area contributed by atoms with Crippen LogP contribution in [0.4, 0.5) is 0 Å². The first kappa shape index (κ1) is 10.9. The Kier molecular flexibility index (Phi) is 2.71. The third kappa shape index (κ3) is 2.42. The predicted octanol–water partition coefficient (Wildman–Crippen LogP) is -0.0280. The van der Waals surface area contributed by atoms with Crippen molar-refractivity contribution >= 4 is 10.0 Å². The Morgan fingerprint density at radius 1 is 1.23 bits per heavy atom. The minimum Gasteiger partial charge on any atom is -0.303 e. The molecule has 0 radical (unpaired) electrons. The summed E-state index contributed by atoms with van der Waals surface area (Å²) in [5.74, 6) is 0. The molecule has 0 amide bonds. The van der Waals surface area contributed by atoms with Gasteiger partial charge in [-0.15, -0.1) is 0 Å². The Hall–Kier alpha value is -0.130. The highest BCUT2D eigenvalue weighted by atomic mass is 32.2. The van der Waals surface area contributed by atoms with Crippen molar-refractivity contribution in [2.45, 2.75) is 19.4 Å². The number of hydrogen-bond acceptors (Lipinski definition) is 3. The average molecular weight is 206 g/mol. The van der Waals surface area contributed by atoms with Crippen molar-refractivity contribution < 1.29 is 8.42 Å². The highest BCUT2D eigenvalue weighted by molar-refractivity contribution is 7.88. The SMILES string of the molecule is CN1CCN(S(C)(=O)=O)C(C)(C)C1. The summed E-state index contributed by atoms with van der Waals surface area (Å²) in [6, 6.07) is 0. The molecule has 13 heavy (non-hydrogen) atoms. The molecule has 0 saturated carbocycles. The van der Waals surface area contributed by atoms with Crippen LogP contribution in [0.15, 0.2) is 0 Å². The molecule has 0 aromatic heterocycles. The molecule has 0 atom stereocenters. The first-order valence-electron chi connectivity index (χ1n) is 4.40. The molecule has 4 nitrogen and oxygen atoms in total. The van der Waals surface area contributed by atoms with Crippen LogP contribution in [0.3, 0.4) is 0 Å². The van der Waals surface area contributed by atoms with Crippen molar-refractivity contribution in [3.8, 4) is 0 Å². The Bertz CT molecular complexity index is 285. The van der Waals surface area contributed by atoms with E-state index in [0.29, 0.717) is 6.54 Å². The molecular weight excluding hydrogens is 188 g/mol. The van der Waals surface area contributed by atoms with Gasteiger partial charge in [0.05, 0.1) is 6.26 Å². The summed E-state index contributed by atoms with van der Waals surface area (Å²) in [5, 5.41) is 0. The van der Waals surface area contributed by atoms with Gasteiger partial charge >= 0.3 is 0 Å². The van der Waals surface area contributed by atoms with Gasteiger partial charge < -0.3 is 4.90 Å². The molecule has 0 aliphatic carbocycles. The van der Waals surface area contributed by atoms with E-state index in [1.165, 1.54) is 6.26 Å². The van der Waals surface area contributed by atoms with Gasteiger partial charge in [0, 0.05) is 25.2 Å². The van der Waals surface area contributed by atoms with Crippen molar-refractivity contribution in [1.29, 1.82) is 0 Å². The van der Waals surface area contributed by atoms with Crippen LogP contribution in [-0.2, 0) is 10.0 Å². The van der Waals surface area contributed by atoms with Gasteiger partial charge in [0.25, 0.3) is 0 Å². The van der Waals surface area contributed by atoms with Crippen LogP contribution in [0.1, 0.15) is 13.8 Å². The zero-order chi connectivity index (χ0) is 10.3. The van der Waals surface area contributed by atoms with E-state index in [2.05, 4.69) is 4.90 Å². The molecule has 1 aliphatic rings. The molecule has 1 aliphatic heterocycles. The van der Waals surface area contributed by atoms with Gasteiger partial charge in [-0.1, -0.05) is 0 Å².